The number of carbonyl (C=O) groups excluding carboxylic acids is 2. The van der Waals surface area contributed by atoms with Gasteiger partial charge in [-0.1, -0.05) is 18.2 Å². The van der Waals surface area contributed by atoms with Crippen molar-refractivity contribution < 1.29 is 19.1 Å². The minimum atomic E-state index is -0.526. The van der Waals surface area contributed by atoms with Gasteiger partial charge in [0.2, 0.25) is 0 Å². The maximum absolute atomic E-state index is 12.4. The molecule has 5 heteroatoms. The first-order valence-electron chi connectivity index (χ1n) is 9.84. The van der Waals surface area contributed by atoms with Crippen LogP contribution in [0.15, 0.2) is 30.3 Å². The molecule has 144 valence electrons. The number of amides is 1. The average molecular weight is 369 g/mol. The van der Waals surface area contributed by atoms with E-state index in [-0.39, 0.29) is 18.1 Å². The minimum Gasteiger partial charge on any atom is -0.496 e. The van der Waals surface area contributed by atoms with E-state index in [1.165, 1.54) is 25.3 Å². The molecule has 4 bridgehead atoms. The van der Waals surface area contributed by atoms with Crippen molar-refractivity contribution in [3.8, 4) is 5.75 Å². The number of para-hydroxylation sites is 1. The summed E-state index contributed by atoms with van der Waals surface area (Å²) >= 11 is 0. The molecule has 1 aromatic carbocycles. The van der Waals surface area contributed by atoms with Gasteiger partial charge in [0.1, 0.15) is 5.75 Å². The van der Waals surface area contributed by atoms with E-state index in [1.807, 2.05) is 24.3 Å². The van der Waals surface area contributed by atoms with Gasteiger partial charge in [-0.15, -0.1) is 0 Å². The molecule has 4 aliphatic carbocycles. The summed E-state index contributed by atoms with van der Waals surface area (Å²) in [5.74, 6) is 2.27. The van der Waals surface area contributed by atoms with E-state index >= 15 is 0 Å². The normalized spacial score (nSPS) is 31.1. The molecule has 0 unspecified atom stereocenters. The topological polar surface area (TPSA) is 64.6 Å². The Morgan fingerprint density at radius 3 is 2.37 bits per heavy atom. The third-order valence-electron chi connectivity index (χ3n) is 6.33. The highest BCUT2D eigenvalue weighted by Crippen LogP contribution is 2.55. The van der Waals surface area contributed by atoms with Crippen LogP contribution in [0.4, 0.5) is 0 Å². The molecule has 4 fully saturated rings. The van der Waals surface area contributed by atoms with Crippen LogP contribution >= 0.6 is 0 Å². The predicted molar refractivity (Wildman–Crippen MR) is 102 cm³/mol. The fraction of sp³-hybridized carbons (Fsp3) is 0.545. The van der Waals surface area contributed by atoms with E-state index in [1.54, 1.807) is 13.2 Å². The molecule has 5 nitrogen and oxygen atoms in total. The molecular weight excluding hydrogens is 342 g/mol. The highest BCUT2D eigenvalue weighted by molar-refractivity contribution is 5.89. The van der Waals surface area contributed by atoms with Crippen LogP contribution in [-0.4, -0.2) is 31.1 Å². The number of hydrogen-bond acceptors (Lipinski definition) is 4. The number of nitrogens with one attached hydrogen (secondary N) is 1. The van der Waals surface area contributed by atoms with Gasteiger partial charge in [0, 0.05) is 17.2 Å². The SMILES string of the molecule is COc1ccccc1/C=C/C(=O)OCC(=O)NC12CC3CC(CC(C3)C1)C2. The first-order chi connectivity index (χ1) is 13.0. The summed E-state index contributed by atoms with van der Waals surface area (Å²) in [5, 5.41) is 3.21. The maximum Gasteiger partial charge on any atom is 0.331 e. The van der Waals surface area contributed by atoms with Crippen LogP contribution in [0.5, 0.6) is 5.75 Å². The van der Waals surface area contributed by atoms with Crippen LogP contribution in [0.1, 0.15) is 44.1 Å². The van der Waals surface area contributed by atoms with Crippen LogP contribution in [0, 0.1) is 17.8 Å². The number of hydrogen-bond donors (Lipinski definition) is 1. The molecule has 0 radical (unpaired) electrons. The van der Waals surface area contributed by atoms with Gasteiger partial charge < -0.3 is 14.8 Å². The summed E-state index contributed by atoms with van der Waals surface area (Å²) < 4.78 is 10.4. The summed E-state index contributed by atoms with van der Waals surface area (Å²) in [5.41, 5.74) is 0.737. The zero-order chi connectivity index (χ0) is 18.9. The van der Waals surface area contributed by atoms with Crippen molar-refractivity contribution in [3.63, 3.8) is 0 Å². The molecule has 0 heterocycles. The van der Waals surface area contributed by atoms with Crippen LogP contribution in [0.2, 0.25) is 0 Å². The Morgan fingerprint density at radius 1 is 1.11 bits per heavy atom. The van der Waals surface area contributed by atoms with E-state index in [2.05, 4.69) is 5.32 Å². The van der Waals surface area contributed by atoms with Crippen molar-refractivity contribution in [2.24, 2.45) is 17.8 Å². The Labute approximate surface area is 160 Å². The molecule has 0 atom stereocenters. The van der Waals surface area contributed by atoms with Crippen LogP contribution in [0.3, 0.4) is 0 Å². The average Bonchev–Trinajstić information content (AvgIpc) is 2.63. The summed E-state index contributed by atoms with van der Waals surface area (Å²) in [4.78, 5) is 24.3. The monoisotopic (exact) mass is 369 g/mol. The van der Waals surface area contributed by atoms with Crippen molar-refractivity contribution in [2.75, 3.05) is 13.7 Å². The molecule has 4 aliphatic rings. The maximum atomic E-state index is 12.4. The molecule has 5 rings (SSSR count). The standard InChI is InChI=1S/C22H27NO4/c1-26-19-5-3-2-4-18(19)6-7-21(25)27-14-20(24)23-22-11-15-8-16(12-22)10-17(9-15)13-22/h2-7,15-17H,8-14H2,1H3,(H,23,24)/b7-6+. The van der Waals surface area contributed by atoms with Gasteiger partial charge in [0.15, 0.2) is 6.61 Å². The first-order valence-corrected chi connectivity index (χ1v) is 9.84. The predicted octanol–water partition coefficient (Wildman–Crippen LogP) is 3.34. The van der Waals surface area contributed by atoms with Gasteiger partial charge in [-0.25, -0.2) is 4.79 Å². The molecule has 0 spiro atoms. The summed E-state index contributed by atoms with van der Waals surface area (Å²) in [6.45, 7) is -0.225. The zero-order valence-corrected chi connectivity index (χ0v) is 15.8. The smallest absolute Gasteiger partial charge is 0.331 e. The number of esters is 1. The second-order valence-corrected chi connectivity index (χ2v) is 8.43. The number of methoxy groups -OCH3 is 1. The number of ether oxygens (including phenoxy) is 2. The lowest BCUT2D eigenvalue weighted by atomic mass is 9.53. The number of carbonyl (C=O) groups is 2. The fourth-order valence-corrected chi connectivity index (χ4v) is 5.74. The molecular formula is C22H27NO4. The van der Waals surface area contributed by atoms with Gasteiger partial charge >= 0.3 is 5.97 Å². The van der Waals surface area contributed by atoms with E-state index in [0.29, 0.717) is 5.75 Å². The summed E-state index contributed by atoms with van der Waals surface area (Å²) in [7, 11) is 1.58. The minimum absolute atomic E-state index is 0.0501. The second kappa shape index (κ2) is 7.37. The molecule has 4 saturated carbocycles. The molecule has 1 aromatic rings. The summed E-state index contributed by atoms with van der Waals surface area (Å²) in [6, 6.07) is 7.40. The van der Waals surface area contributed by atoms with Crippen LogP contribution in [0.25, 0.3) is 6.08 Å². The van der Waals surface area contributed by atoms with Crippen molar-refractivity contribution in [2.45, 2.75) is 44.1 Å². The van der Waals surface area contributed by atoms with Crippen LogP contribution < -0.4 is 10.1 Å². The van der Waals surface area contributed by atoms with Gasteiger partial charge in [0.05, 0.1) is 7.11 Å². The molecule has 1 N–H and O–H groups in total. The lowest BCUT2D eigenvalue weighted by molar-refractivity contribution is -0.145. The van der Waals surface area contributed by atoms with Crippen LogP contribution in [-0.2, 0) is 14.3 Å². The number of rotatable bonds is 6. The van der Waals surface area contributed by atoms with Gasteiger partial charge in [-0.2, -0.15) is 0 Å². The molecule has 0 aromatic heterocycles. The molecule has 0 aliphatic heterocycles. The van der Waals surface area contributed by atoms with Crippen molar-refractivity contribution in [1.82, 2.24) is 5.32 Å². The van der Waals surface area contributed by atoms with Crippen molar-refractivity contribution in [3.05, 3.63) is 35.9 Å². The highest BCUT2D eigenvalue weighted by atomic mass is 16.5. The zero-order valence-electron chi connectivity index (χ0n) is 15.8. The third kappa shape index (κ3) is 4.02. The van der Waals surface area contributed by atoms with Gasteiger partial charge in [0.25, 0.3) is 5.91 Å². The molecule has 1 amide bonds. The Kier molecular flexibility index (Phi) is 4.94. The second-order valence-electron chi connectivity index (χ2n) is 8.43. The lowest BCUT2D eigenvalue weighted by Crippen LogP contribution is -2.60. The quantitative estimate of drug-likeness (QED) is 0.617. The van der Waals surface area contributed by atoms with Crippen molar-refractivity contribution >= 4 is 18.0 Å². The van der Waals surface area contributed by atoms with E-state index < -0.39 is 5.97 Å². The number of benzene rings is 1. The van der Waals surface area contributed by atoms with E-state index in [4.69, 9.17) is 9.47 Å². The highest BCUT2D eigenvalue weighted by Gasteiger charge is 2.51. The molecule has 27 heavy (non-hydrogen) atoms. The van der Waals surface area contributed by atoms with E-state index in [0.717, 1.165) is 42.6 Å². The Bertz CT molecular complexity index is 719. The Morgan fingerprint density at radius 2 is 1.74 bits per heavy atom. The largest absolute Gasteiger partial charge is 0.496 e. The third-order valence-corrected chi connectivity index (χ3v) is 6.33. The first kappa shape index (κ1) is 18.1. The summed E-state index contributed by atoms with van der Waals surface area (Å²) in [6.07, 6.45) is 10.2. The Hall–Kier alpha value is -2.30. The Balaban J connectivity index is 1.28. The fourth-order valence-electron chi connectivity index (χ4n) is 5.74. The van der Waals surface area contributed by atoms with E-state index in [9.17, 15) is 9.59 Å². The van der Waals surface area contributed by atoms with Crippen molar-refractivity contribution in [1.29, 1.82) is 0 Å². The van der Waals surface area contributed by atoms with Gasteiger partial charge in [-0.05, 0) is 68.4 Å². The van der Waals surface area contributed by atoms with Gasteiger partial charge in [-0.3, -0.25) is 4.79 Å². The lowest BCUT2D eigenvalue weighted by Gasteiger charge is -2.56. The molecule has 0 saturated heterocycles.